The van der Waals surface area contributed by atoms with E-state index in [1.54, 1.807) is 6.20 Å². The predicted molar refractivity (Wildman–Crippen MR) is 88.6 cm³/mol. The van der Waals surface area contributed by atoms with Gasteiger partial charge in [-0.25, -0.2) is 0 Å². The zero-order chi connectivity index (χ0) is 15.0. The Bertz CT molecular complexity index is 619. The van der Waals surface area contributed by atoms with Crippen LogP contribution in [0, 0.1) is 18.3 Å². The SMILES string of the molecule is Cc1ccc(OC[C@H]2[C@H](c3ccc(Br)cc3)C2(C)C)cn1. The normalized spacial score (nSPS) is 22.9. The molecule has 0 bridgehead atoms. The molecule has 1 aromatic carbocycles. The fourth-order valence-corrected chi connectivity index (χ4v) is 3.38. The standard InChI is InChI=1S/C18H20BrNO/c1-12-4-9-15(10-20-12)21-11-16-17(18(16,2)3)13-5-7-14(19)8-6-13/h4-10,16-17H,11H2,1-3H3/t16-,17-/m0/s1. The molecule has 1 aliphatic rings. The Morgan fingerprint density at radius 1 is 1.14 bits per heavy atom. The first kappa shape index (κ1) is 14.6. The number of nitrogens with zero attached hydrogens (tertiary/aromatic N) is 1. The molecule has 21 heavy (non-hydrogen) atoms. The van der Waals surface area contributed by atoms with Crippen LogP contribution in [0.4, 0.5) is 0 Å². The molecule has 1 saturated carbocycles. The highest BCUT2D eigenvalue weighted by Crippen LogP contribution is 2.64. The van der Waals surface area contributed by atoms with Gasteiger partial charge in [0.25, 0.3) is 0 Å². The van der Waals surface area contributed by atoms with Gasteiger partial charge in [0.2, 0.25) is 0 Å². The van der Waals surface area contributed by atoms with Gasteiger partial charge < -0.3 is 4.74 Å². The Hall–Kier alpha value is -1.35. The van der Waals surface area contributed by atoms with Gasteiger partial charge in [-0.2, -0.15) is 0 Å². The van der Waals surface area contributed by atoms with E-state index >= 15 is 0 Å². The molecule has 0 unspecified atom stereocenters. The summed E-state index contributed by atoms with van der Waals surface area (Å²) in [6, 6.07) is 12.6. The van der Waals surface area contributed by atoms with Gasteiger partial charge >= 0.3 is 0 Å². The highest BCUT2D eigenvalue weighted by Gasteiger charge is 2.58. The molecule has 2 atom stereocenters. The molecule has 0 spiro atoms. The third-order valence-corrected chi connectivity index (χ3v) is 5.12. The second-order valence-corrected chi connectivity index (χ2v) is 7.32. The van der Waals surface area contributed by atoms with Crippen LogP contribution in [-0.4, -0.2) is 11.6 Å². The molecule has 2 aromatic rings. The summed E-state index contributed by atoms with van der Waals surface area (Å²) in [6.07, 6.45) is 1.80. The first-order valence-corrected chi connectivity index (χ1v) is 8.08. The van der Waals surface area contributed by atoms with Crippen molar-refractivity contribution < 1.29 is 4.74 Å². The summed E-state index contributed by atoms with van der Waals surface area (Å²) in [6.45, 7) is 7.37. The summed E-state index contributed by atoms with van der Waals surface area (Å²) in [4.78, 5) is 4.27. The van der Waals surface area contributed by atoms with E-state index in [0.29, 0.717) is 17.3 Å². The number of rotatable bonds is 4. The lowest BCUT2D eigenvalue weighted by atomic mass is 10.0. The van der Waals surface area contributed by atoms with Crippen LogP contribution in [0.3, 0.4) is 0 Å². The second-order valence-electron chi connectivity index (χ2n) is 6.40. The summed E-state index contributed by atoms with van der Waals surface area (Å²) in [5, 5.41) is 0. The van der Waals surface area contributed by atoms with Crippen molar-refractivity contribution in [3.63, 3.8) is 0 Å². The molecule has 0 saturated heterocycles. The molecular weight excluding hydrogens is 326 g/mol. The average molecular weight is 346 g/mol. The molecule has 1 fully saturated rings. The van der Waals surface area contributed by atoms with Crippen LogP contribution < -0.4 is 4.74 Å². The lowest BCUT2D eigenvalue weighted by molar-refractivity contribution is 0.278. The molecule has 1 aromatic heterocycles. The minimum Gasteiger partial charge on any atom is -0.492 e. The van der Waals surface area contributed by atoms with Crippen molar-refractivity contribution >= 4 is 15.9 Å². The number of aryl methyl sites for hydroxylation is 1. The van der Waals surface area contributed by atoms with Crippen LogP contribution in [-0.2, 0) is 0 Å². The van der Waals surface area contributed by atoms with Gasteiger partial charge in [0.05, 0.1) is 12.8 Å². The third kappa shape index (κ3) is 2.98. The number of pyridine rings is 1. The average Bonchev–Trinajstić information content (AvgIpc) is 3.00. The van der Waals surface area contributed by atoms with Crippen molar-refractivity contribution in [3.8, 4) is 5.75 Å². The van der Waals surface area contributed by atoms with Crippen molar-refractivity contribution in [2.75, 3.05) is 6.61 Å². The van der Waals surface area contributed by atoms with Gasteiger partial charge in [-0.05, 0) is 48.1 Å². The minimum atomic E-state index is 0.298. The van der Waals surface area contributed by atoms with Gasteiger partial charge in [-0.3, -0.25) is 4.98 Å². The Morgan fingerprint density at radius 2 is 1.86 bits per heavy atom. The number of aromatic nitrogens is 1. The maximum atomic E-state index is 5.92. The van der Waals surface area contributed by atoms with Crippen LogP contribution in [0.25, 0.3) is 0 Å². The van der Waals surface area contributed by atoms with Crippen LogP contribution >= 0.6 is 15.9 Å². The van der Waals surface area contributed by atoms with Crippen LogP contribution in [0.2, 0.25) is 0 Å². The first-order chi connectivity index (χ1) is 9.98. The van der Waals surface area contributed by atoms with E-state index in [4.69, 9.17) is 4.74 Å². The van der Waals surface area contributed by atoms with Gasteiger partial charge in [-0.15, -0.1) is 0 Å². The van der Waals surface area contributed by atoms with Crippen molar-refractivity contribution in [2.24, 2.45) is 11.3 Å². The largest absolute Gasteiger partial charge is 0.492 e. The molecule has 0 radical (unpaired) electrons. The summed E-state index contributed by atoms with van der Waals surface area (Å²) in [7, 11) is 0. The molecule has 1 heterocycles. The molecule has 2 nitrogen and oxygen atoms in total. The molecule has 0 amide bonds. The van der Waals surface area contributed by atoms with Crippen molar-refractivity contribution in [1.29, 1.82) is 0 Å². The van der Waals surface area contributed by atoms with E-state index < -0.39 is 0 Å². The minimum absolute atomic E-state index is 0.298. The Labute approximate surface area is 134 Å². The Morgan fingerprint density at radius 3 is 2.48 bits per heavy atom. The molecule has 1 aliphatic carbocycles. The lowest BCUT2D eigenvalue weighted by Crippen LogP contribution is -2.04. The zero-order valence-corrected chi connectivity index (χ0v) is 14.2. The Kier molecular flexibility index (Phi) is 3.78. The van der Waals surface area contributed by atoms with Crippen LogP contribution in [0.5, 0.6) is 5.75 Å². The lowest BCUT2D eigenvalue weighted by Gasteiger charge is -2.06. The maximum Gasteiger partial charge on any atom is 0.137 e. The smallest absolute Gasteiger partial charge is 0.137 e. The van der Waals surface area contributed by atoms with Crippen molar-refractivity contribution in [1.82, 2.24) is 4.98 Å². The predicted octanol–water partition coefficient (Wildman–Crippen LogP) is 4.97. The maximum absolute atomic E-state index is 5.92. The van der Waals surface area contributed by atoms with Crippen LogP contribution in [0.1, 0.15) is 31.0 Å². The zero-order valence-electron chi connectivity index (χ0n) is 12.6. The van der Waals surface area contributed by atoms with Crippen molar-refractivity contribution in [2.45, 2.75) is 26.7 Å². The molecule has 3 rings (SSSR count). The van der Waals surface area contributed by atoms with E-state index in [2.05, 4.69) is 59.0 Å². The van der Waals surface area contributed by atoms with Gasteiger partial charge in [0.1, 0.15) is 5.75 Å². The third-order valence-electron chi connectivity index (χ3n) is 4.59. The van der Waals surface area contributed by atoms with Crippen LogP contribution in [0.15, 0.2) is 47.1 Å². The van der Waals surface area contributed by atoms with E-state index in [1.807, 2.05) is 19.1 Å². The summed E-state index contributed by atoms with van der Waals surface area (Å²) in [5.74, 6) is 1.99. The molecule has 0 aliphatic heterocycles. The second kappa shape index (κ2) is 5.45. The van der Waals surface area contributed by atoms with E-state index in [9.17, 15) is 0 Å². The monoisotopic (exact) mass is 345 g/mol. The molecule has 0 N–H and O–H groups in total. The van der Waals surface area contributed by atoms with E-state index in [1.165, 1.54) is 5.56 Å². The highest BCUT2D eigenvalue weighted by molar-refractivity contribution is 9.10. The number of hydrogen-bond acceptors (Lipinski definition) is 2. The van der Waals surface area contributed by atoms with E-state index in [-0.39, 0.29) is 0 Å². The number of hydrogen-bond donors (Lipinski definition) is 0. The quantitative estimate of drug-likeness (QED) is 0.780. The molecule has 110 valence electrons. The molecular formula is C18H20BrNO. The first-order valence-electron chi connectivity index (χ1n) is 7.29. The number of ether oxygens (including phenoxy) is 1. The van der Waals surface area contributed by atoms with Gasteiger partial charge in [0.15, 0.2) is 0 Å². The molecule has 3 heteroatoms. The topological polar surface area (TPSA) is 22.1 Å². The van der Waals surface area contributed by atoms with E-state index in [0.717, 1.165) is 22.5 Å². The fourth-order valence-electron chi connectivity index (χ4n) is 3.11. The number of halogens is 1. The number of benzene rings is 1. The summed E-state index contributed by atoms with van der Waals surface area (Å²) < 4.78 is 7.05. The van der Waals surface area contributed by atoms with Gasteiger partial charge in [-0.1, -0.05) is 41.9 Å². The Balaban J connectivity index is 1.66. The van der Waals surface area contributed by atoms with Crippen molar-refractivity contribution in [3.05, 3.63) is 58.3 Å². The summed E-state index contributed by atoms with van der Waals surface area (Å²) in [5.41, 5.74) is 2.71. The highest BCUT2D eigenvalue weighted by atomic mass is 79.9. The van der Waals surface area contributed by atoms with Gasteiger partial charge in [0, 0.05) is 16.1 Å². The summed E-state index contributed by atoms with van der Waals surface area (Å²) >= 11 is 3.49. The fraction of sp³-hybridized carbons (Fsp3) is 0.389.